The van der Waals surface area contributed by atoms with Crippen molar-refractivity contribution in [1.29, 1.82) is 5.26 Å². The first-order valence-corrected chi connectivity index (χ1v) is 12.0. The van der Waals surface area contributed by atoms with E-state index < -0.39 is 5.41 Å². The summed E-state index contributed by atoms with van der Waals surface area (Å²) < 4.78 is 6.51. The van der Waals surface area contributed by atoms with Gasteiger partial charge in [-0.25, -0.2) is 0 Å². The number of halogens is 1. The van der Waals surface area contributed by atoms with E-state index in [1.807, 2.05) is 36.4 Å². The van der Waals surface area contributed by atoms with Crippen molar-refractivity contribution in [2.45, 2.75) is 49.4 Å². The van der Waals surface area contributed by atoms with E-state index in [0.717, 1.165) is 36.3 Å². The summed E-state index contributed by atoms with van der Waals surface area (Å²) in [7, 11) is 0. The SMILES string of the molecule is N#CC1(c2cncc(Cl)c2)CC2CC(Oc3ccc(C=S)cc3)C(C1)N2Cc1ccccc1. The lowest BCUT2D eigenvalue weighted by Gasteiger charge is -2.43. The molecule has 0 spiro atoms. The van der Waals surface area contributed by atoms with Crippen LogP contribution < -0.4 is 4.74 Å². The fraction of sp³-hybridized carbons (Fsp3) is 0.296. The maximum absolute atomic E-state index is 10.4. The first-order chi connectivity index (χ1) is 16.1. The normalized spacial score (nSPS) is 26.5. The van der Waals surface area contributed by atoms with Gasteiger partial charge in [-0.2, -0.15) is 5.26 Å². The van der Waals surface area contributed by atoms with Gasteiger partial charge in [-0.15, -0.1) is 0 Å². The number of pyridine rings is 1. The van der Waals surface area contributed by atoms with E-state index in [9.17, 15) is 5.26 Å². The molecule has 2 aliphatic heterocycles. The molecular formula is C27H24ClN3OS. The smallest absolute Gasteiger partial charge is 0.119 e. The van der Waals surface area contributed by atoms with Crippen LogP contribution in [0.4, 0.5) is 0 Å². The van der Waals surface area contributed by atoms with Crippen LogP contribution in [0.25, 0.3) is 0 Å². The van der Waals surface area contributed by atoms with Crippen molar-refractivity contribution in [2.75, 3.05) is 0 Å². The van der Waals surface area contributed by atoms with Crippen LogP contribution in [0.3, 0.4) is 0 Å². The molecule has 0 saturated carbocycles. The molecule has 4 nitrogen and oxygen atoms in total. The van der Waals surface area contributed by atoms with Gasteiger partial charge in [-0.05, 0) is 47.7 Å². The highest BCUT2D eigenvalue weighted by Gasteiger charge is 2.54. The maximum atomic E-state index is 10.4. The standard InChI is InChI=1S/C27H24ClN3OS/c28-22-10-21(14-30-15-22)27(18-29)12-23-11-26(32-24-8-6-20(17-33)7-9-24)25(13-27)31(23)16-19-4-2-1-3-5-19/h1-10,14-15,17,23,25-26H,11-13,16H2. The van der Waals surface area contributed by atoms with Gasteiger partial charge >= 0.3 is 0 Å². The predicted octanol–water partition coefficient (Wildman–Crippen LogP) is 5.73. The number of nitrogens with zero attached hydrogens (tertiary/aromatic N) is 3. The zero-order chi connectivity index (χ0) is 22.8. The Hall–Kier alpha value is -2.78. The third-order valence-corrected chi connectivity index (χ3v) is 7.43. The summed E-state index contributed by atoms with van der Waals surface area (Å²) in [5, 5.41) is 12.6. The first-order valence-electron chi connectivity index (χ1n) is 11.1. The third kappa shape index (κ3) is 4.39. The second-order valence-corrected chi connectivity index (χ2v) is 9.62. The summed E-state index contributed by atoms with van der Waals surface area (Å²) in [6.45, 7) is 0.842. The van der Waals surface area contributed by atoms with Gasteiger partial charge in [0.25, 0.3) is 0 Å². The molecule has 1 aromatic heterocycles. The molecule has 2 aromatic carbocycles. The van der Waals surface area contributed by atoms with Gasteiger partial charge in [0, 0.05) is 42.8 Å². The van der Waals surface area contributed by atoms with Crippen molar-refractivity contribution in [2.24, 2.45) is 0 Å². The second kappa shape index (κ2) is 9.23. The fourth-order valence-corrected chi connectivity index (χ4v) is 5.70. The third-order valence-electron chi connectivity index (χ3n) is 6.95. The molecule has 166 valence electrons. The Kier molecular flexibility index (Phi) is 6.16. The molecule has 3 aromatic rings. The van der Waals surface area contributed by atoms with Crippen LogP contribution in [0.15, 0.2) is 73.1 Å². The second-order valence-electron chi connectivity index (χ2n) is 8.95. The summed E-state index contributed by atoms with van der Waals surface area (Å²) in [6.07, 6.45) is 5.70. The molecule has 2 fully saturated rings. The lowest BCUT2D eigenvalue weighted by molar-refractivity contribution is 0.0643. The van der Waals surface area contributed by atoms with Gasteiger partial charge in [-0.1, -0.05) is 66.3 Å². The van der Waals surface area contributed by atoms with Crippen LogP contribution in [0.2, 0.25) is 5.02 Å². The molecule has 2 bridgehead atoms. The number of fused-ring (bicyclic) bond motifs is 2. The maximum Gasteiger partial charge on any atom is 0.119 e. The zero-order valence-electron chi connectivity index (χ0n) is 18.1. The number of thiocarbonyl (C=S) groups is 1. The monoisotopic (exact) mass is 473 g/mol. The van der Waals surface area contributed by atoms with Crippen LogP contribution >= 0.6 is 23.8 Å². The molecule has 33 heavy (non-hydrogen) atoms. The Morgan fingerprint density at radius 3 is 2.64 bits per heavy atom. The highest BCUT2D eigenvalue weighted by molar-refractivity contribution is 7.79. The highest BCUT2D eigenvalue weighted by atomic mass is 35.5. The number of hydrogen-bond acceptors (Lipinski definition) is 5. The topological polar surface area (TPSA) is 49.1 Å². The Morgan fingerprint density at radius 1 is 1.15 bits per heavy atom. The molecule has 4 unspecified atom stereocenters. The number of rotatable bonds is 6. The summed E-state index contributed by atoms with van der Waals surface area (Å²) in [6, 6.07) is 23.3. The van der Waals surface area contributed by atoms with E-state index in [4.69, 9.17) is 28.6 Å². The Morgan fingerprint density at radius 2 is 1.94 bits per heavy atom. The quantitative estimate of drug-likeness (QED) is 0.428. The average Bonchev–Trinajstić information content (AvgIpc) is 3.04. The average molecular weight is 474 g/mol. The van der Waals surface area contributed by atoms with Gasteiger partial charge in [0.15, 0.2) is 0 Å². The predicted molar refractivity (Wildman–Crippen MR) is 134 cm³/mol. The van der Waals surface area contributed by atoms with Crippen LogP contribution in [-0.4, -0.2) is 33.4 Å². The molecular weight excluding hydrogens is 450 g/mol. The van der Waals surface area contributed by atoms with Crippen LogP contribution in [0, 0.1) is 11.3 Å². The van der Waals surface area contributed by atoms with Crippen molar-refractivity contribution < 1.29 is 4.74 Å². The number of nitriles is 1. The number of piperidine rings is 1. The molecule has 4 atom stereocenters. The van der Waals surface area contributed by atoms with E-state index in [2.05, 4.69) is 40.2 Å². The fourth-order valence-electron chi connectivity index (χ4n) is 5.37. The molecule has 0 aliphatic carbocycles. The van der Waals surface area contributed by atoms with Gasteiger partial charge in [0.05, 0.1) is 16.5 Å². The molecule has 2 saturated heterocycles. The van der Waals surface area contributed by atoms with Crippen LogP contribution in [0.5, 0.6) is 5.75 Å². The highest BCUT2D eigenvalue weighted by Crippen LogP contribution is 2.48. The summed E-state index contributed by atoms with van der Waals surface area (Å²) in [5.74, 6) is 0.833. The first kappa shape index (κ1) is 22.0. The number of aromatic nitrogens is 1. The minimum Gasteiger partial charge on any atom is -0.489 e. The Labute approximate surface area is 204 Å². The lowest BCUT2D eigenvalue weighted by atomic mass is 9.71. The summed E-state index contributed by atoms with van der Waals surface area (Å²) in [5.41, 5.74) is 2.54. The number of ether oxygens (including phenoxy) is 1. The van der Waals surface area contributed by atoms with E-state index in [1.165, 1.54) is 5.56 Å². The molecule has 0 radical (unpaired) electrons. The minimum atomic E-state index is -0.625. The van der Waals surface area contributed by atoms with Crippen LogP contribution in [-0.2, 0) is 12.0 Å². The number of hydrogen-bond donors (Lipinski definition) is 0. The van der Waals surface area contributed by atoms with Crippen molar-refractivity contribution in [1.82, 2.24) is 9.88 Å². The van der Waals surface area contributed by atoms with Crippen molar-refractivity contribution in [3.8, 4) is 11.8 Å². The van der Waals surface area contributed by atoms with Gasteiger partial charge in [0.1, 0.15) is 11.9 Å². The molecule has 6 heteroatoms. The van der Waals surface area contributed by atoms with E-state index in [1.54, 1.807) is 17.8 Å². The Bertz CT molecular complexity index is 1180. The summed E-state index contributed by atoms with van der Waals surface area (Å²) >= 11 is 11.3. The minimum absolute atomic E-state index is 0.000545. The van der Waals surface area contributed by atoms with E-state index >= 15 is 0 Å². The van der Waals surface area contributed by atoms with Crippen LogP contribution in [0.1, 0.15) is 36.0 Å². The van der Waals surface area contributed by atoms with E-state index in [-0.39, 0.29) is 18.2 Å². The lowest BCUT2D eigenvalue weighted by Crippen LogP contribution is -2.50. The van der Waals surface area contributed by atoms with Crippen molar-refractivity contribution in [3.05, 3.63) is 94.8 Å². The number of benzene rings is 2. The van der Waals surface area contributed by atoms with Crippen molar-refractivity contribution in [3.63, 3.8) is 0 Å². The summed E-state index contributed by atoms with van der Waals surface area (Å²) in [4.78, 5) is 6.80. The van der Waals surface area contributed by atoms with Gasteiger partial charge in [0.2, 0.25) is 0 Å². The largest absolute Gasteiger partial charge is 0.489 e. The Balaban J connectivity index is 1.46. The molecule has 0 N–H and O–H groups in total. The molecule has 3 heterocycles. The molecule has 5 rings (SSSR count). The van der Waals surface area contributed by atoms with Crippen molar-refractivity contribution >= 4 is 29.2 Å². The zero-order valence-corrected chi connectivity index (χ0v) is 19.7. The van der Waals surface area contributed by atoms with E-state index in [0.29, 0.717) is 11.4 Å². The molecule has 2 aliphatic rings. The van der Waals surface area contributed by atoms with Gasteiger partial charge in [-0.3, -0.25) is 9.88 Å². The molecule has 0 amide bonds. The van der Waals surface area contributed by atoms with Gasteiger partial charge < -0.3 is 4.74 Å².